The van der Waals surface area contributed by atoms with Crippen molar-refractivity contribution in [2.75, 3.05) is 6.61 Å². The Kier molecular flexibility index (Phi) is 2.39. The van der Waals surface area contributed by atoms with Crippen molar-refractivity contribution in [3.63, 3.8) is 0 Å². The predicted octanol–water partition coefficient (Wildman–Crippen LogP) is 2.50. The molecule has 0 radical (unpaired) electrons. The van der Waals surface area contributed by atoms with Crippen LogP contribution in [0.3, 0.4) is 0 Å². The molecule has 0 aromatic carbocycles. The quantitative estimate of drug-likeness (QED) is 0.560. The van der Waals surface area contributed by atoms with Crippen LogP contribution in [0.4, 0.5) is 4.39 Å². The molecule has 0 spiro atoms. The molecule has 0 N–H and O–H groups in total. The number of hydrogen-bond acceptors (Lipinski definition) is 2. The second-order valence-electron chi connectivity index (χ2n) is 1.98. The molecule has 1 saturated carbocycles. The van der Waals surface area contributed by atoms with E-state index in [2.05, 4.69) is 0 Å². The van der Waals surface area contributed by atoms with E-state index >= 15 is 0 Å². The smallest absolute Gasteiger partial charge is 0.135 e. The van der Waals surface area contributed by atoms with E-state index in [0.29, 0.717) is 12.8 Å². The molecule has 1 aliphatic rings. The van der Waals surface area contributed by atoms with Crippen LogP contribution in [0.5, 0.6) is 0 Å². The van der Waals surface area contributed by atoms with Crippen molar-refractivity contribution in [1.82, 2.24) is 0 Å². The van der Waals surface area contributed by atoms with Crippen LogP contribution in [0.15, 0.2) is 0 Å². The molecule has 0 aromatic heterocycles. The minimum atomic E-state index is -0.946. The highest BCUT2D eigenvalue weighted by Crippen LogP contribution is 2.40. The normalized spacial score (nSPS) is 23.2. The lowest BCUT2D eigenvalue weighted by Gasteiger charge is -1.99. The van der Waals surface area contributed by atoms with Crippen molar-refractivity contribution < 1.29 is 8.57 Å². The third kappa shape index (κ3) is 2.06. The Morgan fingerprint density at radius 2 is 2.38 bits per heavy atom. The average molecular weight is 248 g/mol. The Morgan fingerprint density at radius 3 is 2.75 bits per heavy atom. The number of halogens is 2. The molecule has 0 unspecified atom stereocenters. The first-order chi connectivity index (χ1) is 3.77. The monoisotopic (exact) mass is 248 g/mol. The predicted molar refractivity (Wildman–Crippen MR) is 40.6 cm³/mol. The van der Waals surface area contributed by atoms with E-state index < -0.39 is 5.67 Å². The van der Waals surface area contributed by atoms with Gasteiger partial charge in [0.05, 0.1) is 15.8 Å². The maximum atomic E-state index is 12.5. The lowest BCUT2D eigenvalue weighted by atomic mass is 10.4. The van der Waals surface area contributed by atoms with Crippen molar-refractivity contribution in [2.45, 2.75) is 18.5 Å². The fourth-order valence-corrected chi connectivity index (χ4v) is 1.04. The molecule has 1 aliphatic carbocycles. The average Bonchev–Trinajstić information content (AvgIpc) is 2.45. The summed E-state index contributed by atoms with van der Waals surface area (Å²) in [7, 11) is 1.20. The Labute approximate surface area is 64.1 Å². The van der Waals surface area contributed by atoms with E-state index in [4.69, 9.17) is 4.18 Å². The summed E-state index contributed by atoms with van der Waals surface area (Å²) in [5.74, 6) is 0. The first-order valence-electron chi connectivity index (χ1n) is 2.36. The van der Waals surface area contributed by atoms with Crippen molar-refractivity contribution in [2.24, 2.45) is 0 Å². The topological polar surface area (TPSA) is 9.23 Å². The van der Waals surface area contributed by atoms with Gasteiger partial charge < -0.3 is 4.18 Å². The molecule has 1 nitrogen and oxygen atoms in total. The van der Waals surface area contributed by atoms with Gasteiger partial charge in [0.2, 0.25) is 0 Å². The van der Waals surface area contributed by atoms with Crippen LogP contribution in [-0.2, 0) is 4.18 Å². The molecule has 8 heavy (non-hydrogen) atoms. The maximum absolute atomic E-state index is 12.5. The van der Waals surface area contributed by atoms with E-state index in [1.807, 2.05) is 21.2 Å². The van der Waals surface area contributed by atoms with Crippen LogP contribution < -0.4 is 0 Å². The number of alkyl halides is 1. The van der Waals surface area contributed by atoms with Crippen LogP contribution >= 0.6 is 30.4 Å². The minimum Gasteiger partial charge on any atom is -0.302 e. The molecule has 1 fully saturated rings. The summed E-state index contributed by atoms with van der Waals surface area (Å²) in [5, 5.41) is 0. The second kappa shape index (κ2) is 2.70. The zero-order valence-electron chi connectivity index (χ0n) is 4.19. The third-order valence-corrected chi connectivity index (χ3v) is 2.12. The summed E-state index contributed by atoms with van der Waals surface area (Å²) in [5.41, 5.74) is -0.946. The maximum Gasteiger partial charge on any atom is 0.135 e. The van der Waals surface area contributed by atoms with Gasteiger partial charge in [-0.2, -0.15) is 0 Å². The zero-order valence-corrected chi connectivity index (χ0v) is 7.17. The van der Waals surface area contributed by atoms with Gasteiger partial charge in [0.25, 0.3) is 0 Å². The molecular formula is C4H6FIOS. The molecule has 0 aliphatic heterocycles. The van der Waals surface area contributed by atoms with E-state index in [0.717, 1.165) is 0 Å². The molecule has 0 heterocycles. The first kappa shape index (κ1) is 7.08. The van der Waals surface area contributed by atoms with Crippen LogP contribution in [0.25, 0.3) is 0 Å². The standard InChI is InChI=1S/C4H6FIOS/c5-4(1-2-4)3-7-8-6/h1-3H2. The number of hydrogen-bond donors (Lipinski definition) is 0. The largest absolute Gasteiger partial charge is 0.302 e. The summed E-state index contributed by atoms with van der Waals surface area (Å²) in [6, 6.07) is 0. The minimum absolute atomic E-state index is 0.264. The van der Waals surface area contributed by atoms with Crippen LogP contribution in [0.1, 0.15) is 12.8 Å². The molecule has 0 atom stereocenters. The highest BCUT2D eigenvalue weighted by molar-refractivity contribution is 14.2. The van der Waals surface area contributed by atoms with Gasteiger partial charge in [-0.1, -0.05) is 0 Å². The van der Waals surface area contributed by atoms with Gasteiger partial charge in [-0.25, -0.2) is 4.39 Å². The van der Waals surface area contributed by atoms with Gasteiger partial charge >= 0.3 is 0 Å². The molecule has 48 valence electrons. The van der Waals surface area contributed by atoms with Crippen molar-refractivity contribution in [3.8, 4) is 0 Å². The lowest BCUT2D eigenvalue weighted by Crippen LogP contribution is -2.06. The van der Waals surface area contributed by atoms with Crippen LogP contribution in [0.2, 0.25) is 0 Å². The summed E-state index contributed by atoms with van der Waals surface area (Å²) >= 11 is 1.98. The Morgan fingerprint density at radius 1 is 1.75 bits per heavy atom. The molecule has 0 aromatic rings. The molecule has 0 bridgehead atoms. The summed E-state index contributed by atoms with van der Waals surface area (Å²) in [6.07, 6.45) is 1.37. The second-order valence-corrected chi connectivity index (χ2v) is 3.42. The van der Waals surface area contributed by atoms with E-state index in [1.165, 1.54) is 9.21 Å². The van der Waals surface area contributed by atoms with Gasteiger partial charge in [-0.05, 0) is 12.8 Å². The number of rotatable bonds is 3. The van der Waals surface area contributed by atoms with Gasteiger partial charge in [0.1, 0.15) is 5.67 Å². The van der Waals surface area contributed by atoms with Crippen molar-refractivity contribution >= 4 is 30.4 Å². The fourth-order valence-electron chi connectivity index (χ4n) is 0.408. The Balaban J connectivity index is 2.01. The molecular weight excluding hydrogens is 242 g/mol. The third-order valence-electron chi connectivity index (χ3n) is 1.15. The Bertz CT molecular complexity index is 86.1. The SMILES string of the molecule is FC1(COSI)CC1. The van der Waals surface area contributed by atoms with Crippen LogP contribution in [-0.4, -0.2) is 12.3 Å². The molecule has 1 rings (SSSR count). The molecule has 0 amide bonds. The van der Waals surface area contributed by atoms with Gasteiger partial charge in [0.15, 0.2) is 0 Å². The van der Waals surface area contributed by atoms with E-state index in [9.17, 15) is 4.39 Å². The summed E-state index contributed by atoms with van der Waals surface area (Å²) in [4.78, 5) is 0. The molecule has 4 heteroatoms. The van der Waals surface area contributed by atoms with Gasteiger partial charge in [-0.15, -0.1) is 0 Å². The molecule has 0 saturated heterocycles. The fraction of sp³-hybridized carbons (Fsp3) is 1.00. The Hall–Kier alpha value is 0.970. The first-order valence-corrected chi connectivity index (χ1v) is 5.64. The van der Waals surface area contributed by atoms with Crippen LogP contribution in [0, 0.1) is 0 Å². The van der Waals surface area contributed by atoms with E-state index in [-0.39, 0.29) is 6.61 Å². The zero-order chi connectivity index (χ0) is 6.04. The van der Waals surface area contributed by atoms with Crippen molar-refractivity contribution in [3.05, 3.63) is 0 Å². The highest BCUT2D eigenvalue weighted by atomic mass is 127. The van der Waals surface area contributed by atoms with Gasteiger partial charge in [0, 0.05) is 21.2 Å². The van der Waals surface area contributed by atoms with E-state index in [1.54, 1.807) is 0 Å². The van der Waals surface area contributed by atoms with Gasteiger partial charge in [-0.3, -0.25) is 0 Å². The lowest BCUT2D eigenvalue weighted by molar-refractivity contribution is 0.201. The highest BCUT2D eigenvalue weighted by Gasteiger charge is 2.43. The summed E-state index contributed by atoms with van der Waals surface area (Å²) in [6.45, 7) is 0.264. The van der Waals surface area contributed by atoms with Crippen molar-refractivity contribution in [1.29, 1.82) is 0 Å². The summed E-state index contributed by atoms with van der Waals surface area (Å²) < 4.78 is 17.3.